The van der Waals surface area contributed by atoms with Gasteiger partial charge in [-0.05, 0) is 42.8 Å². The standard InChI is InChI=1S/C23H23ClN2O3S/c1-17-9-11-18(12-10-17)16-25(2)23(27)21-14-13-19(15-22(21)24)26(3)30(28,29)20-7-5-4-6-8-20/h4-15H,16H2,1-3H3. The van der Waals surface area contributed by atoms with Gasteiger partial charge in [-0.3, -0.25) is 9.10 Å². The topological polar surface area (TPSA) is 57.7 Å². The molecular weight excluding hydrogens is 420 g/mol. The number of amides is 1. The van der Waals surface area contributed by atoms with Crippen LogP contribution in [0.15, 0.2) is 77.7 Å². The number of hydrogen-bond donors (Lipinski definition) is 0. The smallest absolute Gasteiger partial charge is 0.264 e. The lowest BCUT2D eigenvalue weighted by Gasteiger charge is -2.22. The average molecular weight is 443 g/mol. The molecule has 0 aromatic heterocycles. The second-order valence-corrected chi connectivity index (χ2v) is 9.47. The van der Waals surface area contributed by atoms with E-state index in [1.54, 1.807) is 42.3 Å². The Balaban J connectivity index is 1.80. The van der Waals surface area contributed by atoms with E-state index in [1.165, 1.54) is 25.2 Å². The molecule has 5 nitrogen and oxygen atoms in total. The zero-order valence-electron chi connectivity index (χ0n) is 17.0. The number of hydrogen-bond acceptors (Lipinski definition) is 3. The van der Waals surface area contributed by atoms with E-state index in [9.17, 15) is 13.2 Å². The Hall–Kier alpha value is -2.83. The van der Waals surface area contributed by atoms with Crippen molar-refractivity contribution in [3.63, 3.8) is 0 Å². The van der Waals surface area contributed by atoms with Crippen molar-refractivity contribution in [2.75, 3.05) is 18.4 Å². The van der Waals surface area contributed by atoms with Gasteiger partial charge >= 0.3 is 0 Å². The highest BCUT2D eigenvalue weighted by atomic mass is 35.5. The van der Waals surface area contributed by atoms with E-state index in [0.717, 1.165) is 15.4 Å². The summed E-state index contributed by atoms with van der Waals surface area (Å²) in [5.74, 6) is -0.235. The number of benzene rings is 3. The molecule has 0 spiro atoms. The third kappa shape index (κ3) is 4.66. The van der Waals surface area contributed by atoms with Crippen molar-refractivity contribution in [3.05, 3.63) is 94.5 Å². The zero-order valence-corrected chi connectivity index (χ0v) is 18.6. The molecule has 0 heterocycles. The predicted molar refractivity (Wildman–Crippen MR) is 120 cm³/mol. The maximum atomic E-state index is 12.8. The number of carbonyl (C=O) groups excluding carboxylic acids is 1. The van der Waals surface area contributed by atoms with E-state index in [1.807, 2.05) is 31.2 Å². The van der Waals surface area contributed by atoms with Crippen molar-refractivity contribution in [1.29, 1.82) is 0 Å². The molecule has 0 unspecified atom stereocenters. The summed E-state index contributed by atoms with van der Waals surface area (Å²) in [4.78, 5) is 14.6. The summed E-state index contributed by atoms with van der Waals surface area (Å²) in [5.41, 5.74) is 2.86. The number of nitrogens with zero attached hydrogens (tertiary/aromatic N) is 2. The van der Waals surface area contributed by atoms with Crippen LogP contribution in [0.1, 0.15) is 21.5 Å². The lowest BCUT2D eigenvalue weighted by atomic mass is 10.1. The van der Waals surface area contributed by atoms with Crippen LogP contribution < -0.4 is 4.31 Å². The minimum absolute atomic E-state index is 0.182. The van der Waals surface area contributed by atoms with Crippen molar-refractivity contribution >= 4 is 33.2 Å². The molecule has 0 bridgehead atoms. The van der Waals surface area contributed by atoms with Gasteiger partial charge in [0.15, 0.2) is 0 Å². The molecule has 0 fully saturated rings. The second-order valence-electron chi connectivity index (χ2n) is 7.10. The van der Waals surface area contributed by atoms with Crippen LogP contribution in [0.3, 0.4) is 0 Å². The van der Waals surface area contributed by atoms with Gasteiger partial charge in [-0.25, -0.2) is 8.42 Å². The number of anilines is 1. The van der Waals surface area contributed by atoms with Gasteiger partial charge < -0.3 is 4.90 Å². The number of sulfonamides is 1. The zero-order chi connectivity index (χ0) is 21.9. The maximum Gasteiger partial charge on any atom is 0.264 e. The molecule has 3 aromatic carbocycles. The molecule has 0 N–H and O–H groups in total. The quantitative estimate of drug-likeness (QED) is 0.553. The lowest BCUT2D eigenvalue weighted by molar-refractivity contribution is 0.0785. The van der Waals surface area contributed by atoms with Gasteiger partial charge in [0.25, 0.3) is 15.9 Å². The molecule has 0 saturated heterocycles. The molecule has 156 valence electrons. The van der Waals surface area contributed by atoms with Gasteiger partial charge in [0, 0.05) is 20.6 Å². The summed E-state index contributed by atoms with van der Waals surface area (Å²) in [6, 6.07) is 20.7. The highest BCUT2D eigenvalue weighted by molar-refractivity contribution is 7.92. The molecule has 0 aliphatic rings. The molecule has 30 heavy (non-hydrogen) atoms. The monoisotopic (exact) mass is 442 g/mol. The van der Waals surface area contributed by atoms with Crippen molar-refractivity contribution in [2.45, 2.75) is 18.4 Å². The molecule has 0 atom stereocenters. The SMILES string of the molecule is Cc1ccc(CN(C)C(=O)c2ccc(N(C)S(=O)(=O)c3ccccc3)cc2Cl)cc1. The van der Waals surface area contributed by atoms with E-state index in [4.69, 9.17) is 11.6 Å². The van der Waals surface area contributed by atoms with Crippen LogP contribution >= 0.6 is 11.6 Å². The highest BCUT2D eigenvalue weighted by Gasteiger charge is 2.23. The molecule has 3 rings (SSSR count). The minimum Gasteiger partial charge on any atom is -0.337 e. The van der Waals surface area contributed by atoms with E-state index in [2.05, 4.69) is 0 Å². The van der Waals surface area contributed by atoms with Crippen LogP contribution in [-0.4, -0.2) is 33.3 Å². The largest absolute Gasteiger partial charge is 0.337 e. The number of rotatable bonds is 6. The van der Waals surface area contributed by atoms with Crippen molar-refractivity contribution in [2.24, 2.45) is 0 Å². The lowest BCUT2D eigenvalue weighted by Crippen LogP contribution is -2.28. The first-order valence-electron chi connectivity index (χ1n) is 9.34. The first-order chi connectivity index (χ1) is 14.2. The van der Waals surface area contributed by atoms with Crippen LogP contribution in [0.2, 0.25) is 5.02 Å². The third-order valence-electron chi connectivity index (χ3n) is 4.84. The number of halogens is 1. The fourth-order valence-corrected chi connectivity index (χ4v) is 4.47. The Bertz CT molecular complexity index is 1150. The van der Waals surface area contributed by atoms with Gasteiger partial charge in [0.05, 0.1) is 21.2 Å². The number of aryl methyl sites for hydroxylation is 1. The third-order valence-corrected chi connectivity index (χ3v) is 6.95. The van der Waals surface area contributed by atoms with Gasteiger partial charge in [0.1, 0.15) is 0 Å². The van der Waals surface area contributed by atoms with Crippen molar-refractivity contribution in [1.82, 2.24) is 4.90 Å². The van der Waals surface area contributed by atoms with Gasteiger partial charge in [0.2, 0.25) is 0 Å². The Morgan fingerprint density at radius 2 is 1.57 bits per heavy atom. The van der Waals surface area contributed by atoms with Crippen molar-refractivity contribution < 1.29 is 13.2 Å². The van der Waals surface area contributed by atoms with Gasteiger partial charge in [-0.15, -0.1) is 0 Å². The Kier molecular flexibility index (Phi) is 6.48. The Morgan fingerprint density at radius 1 is 0.933 bits per heavy atom. The summed E-state index contributed by atoms with van der Waals surface area (Å²) in [6.45, 7) is 2.45. The maximum absolute atomic E-state index is 12.8. The molecular formula is C23H23ClN2O3S. The second kappa shape index (κ2) is 8.90. The first kappa shape index (κ1) is 21.9. The van der Waals surface area contributed by atoms with Crippen LogP contribution in [0.25, 0.3) is 0 Å². The minimum atomic E-state index is -3.72. The van der Waals surface area contributed by atoms with Crippen LogP contribution in [-0.2, 0) is 16.6 Å². The number of carbonyl (C=O) groups is 1. The van der Waals surface area contributed by atoms with Crippen molar-refractivity contribution in [3.8, 4) is 0 Å². The fourth-order valence-electron chi connectivity index (χ4n) is 3.01. The highest BCUT2D eigenvalue weighted by Crippen LogP contribution is 2.28. The predicted octanol–water partition coefficient (Wildman–Crippen LogP) is 4.75. The van der Waals surface area contributed by atoms with E-state index < -0.39 is 10.0 Å². The summed E-state index contributed by atoms with van der Waals surface area (Å²) in [7, 11) is -0.559. The summed E-state index contributed by atoms with van der Waals surface area (Å²) in [6.07, 6.45) is 0. The van der Waals surface area contributed by atoms with E-state index in [0.29, 0.717) is 17.8 Å². The Morgan fingerprint density at radius 3 is 2.17 bits per heavy atom. The van der Waals surface area contributed by atoms with Gasteiger partial charge in [-0.2, -0.15) is 0 Å². The normalized spacial score (nSPS) is 11.2. The molecule has 1 amide bonds. The van der Waals surface area contributed by atoms with Gasteiger partial charge in [-0.1, -0.05) is 59.6 Å². The molecule has 3 aromatic rings. The van der Waals surface area contributed by atoms with E-state index in [-0.39, 0.29) is 15.8 Å². The summed E-state index contributed by atoms with van der Waals surface area (Å²) < 4.78 is 26.8. The molecule has 0 radical (unpaired) electrons. The molecule has 7 heteroatoms. The Labute approximate surface area is 182 Å². The first-order valence-corrected chi connectivity index (χ1v) is 11.2. The van der Waals surface area contributed by atoms with Crippen LogP contribution in [0.5, 0.6) is 0 Å². The van der Waals surface area contributed by atoms with Crippen LogP contribution in [0, 0.1) is 6.92 Å². The molecule has 0 saturated carbocycles. The average Bonchev–Trinajstić information content (AvgIpc) is 2.74. The summed E-state index contributed by atoms with van der Waals surface area (Å²) in [5, 5.41) is 0.198. The molecule has 0 aliphatic carbocycles. The van der Waals surface area contributed by atoms with E-state index >= 15 is 0 Å². The molecule has 0 aliphatic heterocycles. The summed E-state index contributed by atoms with van der Waals surface area (Å²) >= 11 is 6.36. The van der Waals surface area contributed by atoms with Crippen LogP contribution in [0.4, 0.5) is 5.69 Å². The fraction of sp³-hybridized carbons (Fsp3) is 0.174.